The van der Waals surface area contributed by atoms with Gasteiger partial charge in [0.25, 0.3) is 0 Å². The lowest BCUT2D eigenvalue weighted by Crippen LogP contribution is -2.06. The molecule has 0 aliphatic rings. The number of aromatic hydroxyl groups is 1. The Morgan fingerprint density at radius 3 is 2.50 bits per heavy atom. The van der Waals surface area contributed by atoms with Gasteiger partial charge in [-0.2, -0.15) is 13.2 Å². The number of aromatic nitrogens is 1. The summed E-state index contributed by atoms with van der Waals surface area (Å²) in [6.45, 7) is 1.52. The Labute approximate surface area is 127 Å². The summed E-state index contributed by atoms with van der Waals surface area (Å²) in [5.41, 5.74) is -1.49. The highest BCUT2D eigenvalue weighted by atomic mass is 35.5. The van der Waals surface area contributed by atoms with Crippen LogP contribution >= 0.6 is 11.6 Å². The zero-order valence-electron chi connectivity index (χ0n) is 11.0. The largest absolute Gasteiger partial charge is 0.502 e. The highest BCUT2D eigenvalue weighted by Crippen LogP contribution is 2.42. The molecule has 22 heavy (non-hydrogen) atoms. The van der Waals surface area contributed by atoms with Crippen LogP contribution in [-0.2, 0) is 6.18 Å². The first-order chi connectivity index (χ1) is 10.1. The molecule has 9 heteroatoms. The van der Waals surface area contributed by atoms with Gasteiger partial charge in [0.05, 0.1) is 26.8 Å². The SMILES string of the molecule is Cc1ccc([N+](=O)[O-])c(O)c1-c1ncc(C(F)(F)F)cc1Cl. The lowest BCUT2D eigenvalue weighted by Gasteiger charge is -2.12. The molecule has 0 aliphatic heterocycles. The molecule has 0 bridgehead atoms. The number of halogens is 4. The van der Waals surface area contributed by atoms with Crippen LogP contribution in [-0.4, -0.2) is 15.0 Å². The van der Waals surface area contributed by atoms with E-state index in [0.717, 1.165) is 6.07 Å². The second-order valence-electron chi connectivity index (χ2n) is 4.43. The van der Waals surface area contributed by atoms with E-state index in [1.807, 2.05) is 0 Å². The van der Waals surface area contributed by atoms with Crippen molar-refractivity contribution in [2.24, 2.45) is 0 Å². The molecule has 0 atom stereocenters. The Bertz CT molecular complexity index is 763. The van der Waals surface area contributed by atoms with Gasteiger partial charge in [0.1, 0.15) is 0 Å². The van der Waals surface area contributed by atoms with Crippen LogP contribution in [0.15, 0.2) is 24.4 Å². The van der Waals surface area contributed by atoms with Crippen molar-refractivity contribution in [1.82, 2.24) is 4.98 Å². The van der Waals surface area contributed by atoms with Gasteiger partial charge >= 0.3 is 11.9 Å². The van der Waals surface area contributed by atoms with Gasteiger partial charge in [0.15, 0.2) is 0 Å². The third-order valence-electron chi connectivity index (χ3n) is 2.97. The maximum Gasteiger partial charge on any atom is 0.417 e. The van der Waals surface area contributed by atoms with E-state index >= 15 is 0 Å². The van der Waals surface area contributed by atoms with Crippen molar-refractivity contribution < 1.29 is 23.2 Å². The van der Waals surface area contributed by atoms with E-state index in [2.05, 4.69) is 4.98 Å². The number of phenolic OH excluding ortho intramolecular Hbond substituents is 1. The third-order valence-corrected chi connectivity index (χ3v) is 3.26. The number of hydrogen-bond donors (Lipinski definition) is 1. The van der Waals surface area contributed by atoms with Crippen LogP contribution in [0.5, 0.6) is 5.75 Å². The highest BCUT2D eigenvalue weighted by molar-refractivity contribution is 6.33. The molecule has 0 amide bonds. The van der Waals surface area contributed by atoms with Gasteiger partial charge in [0.2, 0.25) is 5.75 Å². The summed E-state index contributed by atoms with van der Waals surface area (Å²) in [5, 5.41) is 20.4. The number of aryl methyl sites for hydroxylation is 1. The first-order valence-electron chi connectivity index (χ1n) is 5.83. The predicted molar refractivity (Wildman–Crippen MR) is 72.7 cm³/mol. The quantitative estimate of drug-likeness (QED) is 0.655. The van der Waals surface area contributed by atoms with E-state index in [1.54, 1.807) is 0 Å². The van der Waals surface area contributed by atoms with Gasteiger partial charge in [-0.25, -0.2) is 0 Å². The van der Waals surface area contributed by atoms with Crippen LogP contribution in [0.3, 0.4) is 0 Å². The van der Waals surface area contributed by atoms with E-state index in [1.165, 1.54) is 13.0 Å². The number of phenols is 1. The van der Waals surface area contributed by atoms with E-state index in [4.69, 9.17) is 11.6 Å². The van der Waals surface area contributed by atoms with Gasteiger partial charge in [-0.1, -0.05) is 17.7 Å². The monoisotopic (exact) mass is 332 g/mol. The second-order valence-corrected chi connectivity index (χ2v) is 4.84. The second kappa shape index (κ2) is 5.45. The first kappa shape index (κ1) is 16.0. The van der Waals surface area contributed by atoms with Crippen LogP contribution < -0.4 is 0 Å². The Hall–Kier alpha value is -2.35. The molecule has 1 heterocycles. The zero-order valence-corrected chi connectivity index (χ0v) is 11.7. The summed E-state index contributed by atoms with van der Waals surface area (Å²) in [7, 11) is 0. The molecular weight excluding hydrogens is 325 g/mol. The average molecular weight is 333 g/mol. The fourth-order valence-electron chi connectivity index (χ4n) is 1.90. The maximum absolute atomic E-state index is 12.6. The molecule has 116 valence electrons. The standard InChI is InChI=1S/C13H8ClF3N2O3/c1-6-2-3-9(19(21)22)12(20)10(6)11-8(14)4-7(5-18-11)13(15,16)17/h2-5,20H,1H3. The van der Waals surface area contributed by atoms with E-state index in [-0.39, 0.29) is 16.3 Å². The third kappa shape index (κ3) is 2.82. The average Bonchev–Trinajstić information content (AvgIpc) is 2.38. The number of benzene rings is 1. The smallest absolute Gasteiger partial charge is 0.417 e. The normalized spacial score (nSPS) is 11.5. The molecule has 2 aromatic rings. The maximum atomic E-state index is 12.6. The van der Waals surface area contributed by atoms with Gasteiger partial charge < -0.3 is 5.11 Å². The molecule has 0 saturated heterocycles. The fourth-order valence-corrected chi connectivity index (χ4v) is 2.17. The molecule has 1 aromatic heterocycles. The molecule has 0 aliphatic carbocycles. The van der Waals surface area contributed by atoms with Gasteiger partial charge in [0, 0.05) is 12.3 Å². The van der Waals surface area contributed by atoms with Gasteiger partial charge in [-0.05, 0) is 18.6 Å². The Morgan fingerprint density at radius 2 is 2.00 bits per heavy atom. The van der Waals surface area contributed by atoms with Gasteiger partial charge in [-0.3, -0.25) is 15.1 Å². The predicted octanol–water partition coefficient (Wildman–Crippen LogP) is 4.34. The van der Waals surface area contributed by atoms with E-state index in [0.29, 0.717) is 17.8 Å². The zero-order chi connectivity index (χ0) is 16.7. The van der Waals surface area contributed by atoms with Crippen LogP contribution in [0.1, 0.15) is 11.1 Å². The molecule has 1 aromatic carbocycles. The summed E-state index contributed by atoms with van der Waals surface area (Å²) in [5.74, 6) is -0.695. The molecule has 0 radical (unpaired) electrons. The Morgan fingerprint density at radius 1 is 1.36 bits per heavy atom. The summed E-state index contributed by atoms with van der Waals surface area (Å²) in [6.07, 6.45) is -4.06. The van der Waals surface area contributed by atoms with Crippen molar-refractivity contribution in [3.05, 3.63) is 50.7 Å². The molecule has 0 spiro atoms. The first-order valence-corrected chi connectivity index (χ1v) is 6.20. The van der Waals surface area contributed by atoms with Crippen molar-refractivity contribution in [2.75, 3.05) is 0 Å². The molecule has 5 nitrogen and oxygen atoms in total. The minimum absolute atomic E-state index is 0.0760. The molecular formula is C13H8ClF3N2O3. The molecule has 0 unspecified atom stereocenters. The van der Waals surface area contributed by atoms with Crippen LogP contribution in [0.2, 0.25) is 5.02 Å². The van der Waals surface area contributed by atoms with Crippen molar-refractivity contribution in [2.45, 2.75) is 13.1 Å². The van der Waals surface area contributed by atoms with E-state index < -0.39 is 28.1 Å². The summed E-state index contributed by atoms with van der Waals surface area (Å²) in [4.78, 5) is 13.6. The minimum Gasteiger partial charge on any atom is -0.502 e. The summed E-state index contributed by atoms with van der Waals surface area (Å²) < 4.78 is 37.8. The van der Waals surface area contributed by atoms with Crippen molar-refractivity contribution >= 4 is 17.3 Å². The van der Waals surface area contributed by atoms with Crippen LogP contribution in [0.4, 0.5) is 18.9 Å². The van der Waals surface area contributed by atoms with Gasteiger partial charge in [-0.15, -0.1) is 0 Å². The number of rotatable bonds is 2. The molecule has 2 rings (SSSR count). The molecule has 1 N–H and O–H groups in total. The Kier molecular flexibility index (Phi) is 3.97. The van der Waals surface area contributed by atoms with Crippen LogP contribution in [0, 0.1) is 17.0 Å². The van der Waals surface area contributed by atoms with Crippen molar-refractivity contribution in [3.63, 3.8) is 0 Å². The Balaban J connectivity index is 2.67. The number of nitro groups is 1. The topological polar surface area (TPSA) is 76.3 Å². The van der Waals surface area contributed by atoms with E-state index in [9.17, 15) is 28.4 Å². The van der Waals surface area contributed by atoms with Crippen molar-refractivity contribution in [1.29, 1.82) is 0 Å². The van der Waals surface area contributed by atoms with Crippen molar-refractivity contribution in [3.8, 4) is 17.0 Å². The lowest BCUT2D eigenvalue weighted by atomic mass is 10.0. The summed E-state index contributed by atoms with van der Waals surface area (Å²) >= 11 is 5.80. The molecule has 0 saturated carbocycles. The number of alkyl halides is 3. The lowest BCUT2D eigenvalue weighted by molar-refractivity contribution is -0.385. The van der Waals surface area contributed by atoms with Crippen LogP contribution in [0.25, 0.3) is 11.3 Å². The number of nitrogens with zero attached hydrogens (tertiary/aromatic N) is 2. The highest BCUT2D eigenvalue weighted by Gasteiger charge is 2.32. The number of nitro benzene ring substituents is 1. The summed E-state index contributed by atoms with van der Waals surface area (Å²) in [6, 6.07) is 3.09. The fraction of sp³-hybridized carbons (Fsp3) is 0.154. The molecule has 0 fully saturated rings. The number of pyridine rings is 1. The minimum atomic E-state index is -4.62. The number of hydrogen-bond acceptors (Lipinski definition) is 4.